The second-order valence-electron chi connectivity index (χ2n) is 4.25. The molecule has 3 nitrogen and oxygen atoms in total. The molecular weight excluding hydrogens is 365 g/mol. The third-order valence-electron chi connectivity index (χ3n) is 2.66. The van der Waals surface area contributed by atoms with Crippen molar-refractivity contribution in [2.24, 2.45) is 7.05 Å². The first-order valence-corrected chi connectivity index (χ1v) is 6.09. The van der Waals surface area contributed by atoms with Gasteiger partial charge in [-0.2, -0.15) is 0 Å². The van der Waals surface area contributed by atoms with Gasteiger partial charge in [0.15, 0.2) is 12.4 Å². The Bertz CT molecular complexity index is 565. The van der Waals surface area contributed by atoms with Gasteiger partial charge in [-0.15, -0.1) is 0 Å². The van der Waals surface area contributed by atoms with Gasteiger partial charge < -0.3 is 28.7 Å². The molecule has 1 aromatic carbocycles. The summed E-state index contributed by atoms with van der Waals surface area (Å²) in [4.78, 5) is 11.6. The van der Waals surface area contributed by atoms with Gasteiger partial charge in [0.05, 0.1) is 12.7 Å². The molecule has 2 aromatic rings. The number of halogens is 1. The topological polar surface area (TPSA) is 30.2 Å². The van der Waals surface area contributed by atoms with Gasteiger partial charge in [-0.25, -0.2) is 4.57 Å². The minimum Gasteiger partial charge on any atom is -1.00 e. The molecule has 0 saturated carbocycles. The zero-order valence-electron chi connectivity index (χ0n) is 11.2. The van der Waals surface area contributed by atoms with Crippen LogP contribution in [0.15, 0.2) is 61.1 Å². The fourth-order valence-corrected chi connectivity index (χ4v) is 1.61. The summed E-state index contributed by atoms with van der Waals surface area (Å²) in [6.07, 6.45) is 7.29. The molecule has 1 heterocycles. The second-order valence-corrected chi connectivity index (χ2v) is 4.25. The number of carbonyl (C=O) groups excluding carboxylic acids is 1. The molecule has 0 aliphatic rings. The third-order valence-corrected chi connectivity index (χ3v) is 2.66. The SMILES string of the molecule is C[n+]1ccc(CC(=O)O/C=C/c2ccccc2)cc1.[I-]. The molecule has 1 aromatic heterocycles. The number of rotatable bonds is 4. The number of aryl methyl sites for hydroxylation is 1. The molecule has 4 heteroatoms. The lowest BCUT2D eigenvalue weighted by Crippen LogP contribution is -3.00. The molecule has 0 fully saturated rings. The van der Waals surface area contributed by atoms with Crippen LogP contribution in [0.4, 0.5) is 0 Å². The standard InChI is InChI=1S/C16H16NO2.HI/c1-17-10-7-15(8-11-17)13-16(18)19-12-9-14-5-3-2-4-6-14;/h2-12H,13H2,1H3;1H/q+1;/p-1/b12-9+;. The number of pyridine rings is 1. The second kappa shape index (κ2) is 8.47. The molecule has 0 unspecified atom stereocenters. The molecule has 0 aliphatic heterocycles. The molecular formula is C16H16INO2. The molecule has 20 heavy (non-hydrogen) atoms. The van der Waals surface area contributed by atoms with Crippen molar-refractivity contribution in [2.75, 3.05) is 0 Å². The smallest absolute Gasteiger partial charge is 0.315 e. The number of hydrogen-bond acceptors (Lipinski definition) is 2. The van der Waals surface area contributed by atoms with E-state index in [9.17, 15) is 4.79 Å². The fourth-order valence-electron chi connectivity index (χ4n) is 1.61. The van der Waals surface area contributed by atoms with E-state index in [0.717, 1.165) is 11.1 Å². The highest BCUT2D eigenvalue weighted by Gasteiger charge is 2.04. The van der Waals surface area contributed by atoms with Crippen molar-refractivity contribution >= 4 is 12.0 Å². The van der Waals surface area contributed by atoms with E-state index >= 15 is 0 Å². The van der Waals surface area contributed by atoms with Crippen LogP contribution >= 0.6 is 0 Å². The Morgan fingerprint density at radius 2 is 1.80 bits per heavy atom. The van der Waals surface area contributed by atoms with Crippen LogP contribution in [0.3, 0.4) is 0 Å². The Labute approximate surface area is 135 Å². The molecule has 0 atom stereocenters. The number of nitrogens with zero attached hydrogens (tertiary/aromatic N) is 1. The first-order chi connectivity index (χ1) is 9.24. The van der Waals surface area contributed by atoms with Gasteiger partial charge in [-0.05, 0) is 17.2 Å². The first-order valence-electron chi connectivity index (χ1n) is 6.09. The van der Waals surface area contributed by atoms with Crippen LogP contribution in [0.25, 0.3) is 6.08 Å². The van der Waals surface area contributed by atoms with E-state index in [-0.39, 0.29) is 36.4 Å². The van der Waals surface area contributed by atoms with Crippen molar-refractivity contribution < 1.29 is 38.1 Å². The van der Waals surface area contributed by atoms with Crippen molar-refractivity contribution in [3.05, 3.63) is 72.2 Å². The zero-order chi connectivity index (χ0) is 13.5. The van der Waals surface area contributed by atoms with E-state index in [1.54, 1.807) is 6.08 Å². The predicted octanol–water partition coefficient (Wildman–Crippen LogP) is -0.728. The van der Waals surface area contributed by atoms with Gasteiger partial charge in [0.25, 0.3) is 0 Å². The van der Waals surface area contributed by atoms with Crippen LogP contribution in [-0.2, 0) is 23.0 Å². The highest BCUT2D eigenvalue weighted by atomic mass is 127. The largest absolute Gasteiger partial charge is 1.00 e. The maximum Gasteiger partial charge on any atom is 0.315 e. The monoisotopic (exact) mass is 381 g/mol. The number of aromatic nitrogens is 1. The van der Waals surface area contributed by atoms with E-state index in [1.165, 1.54) is 6.26 Å². The average molecular weight is 381 g/mol. The molecule has 0 N–H and O–H groups in total. The molecule has 0 saturated heterocycles. The van der Waals surface area contributed by atoms with Crippen LogP contribution in [0.2, 0.25) is 0 Å². The summed E-state index contributed by atoms with van der Waals surface area (Å²) in [6, 6.07) is 13.5. The Balaban J connectivity index is 0.00000200. The first kappa shape index (κ1) is 16.4. The molecule has 0 bridgehead atoms. The van der Waals surface area contributed by atoms with Gasteiger partial charge in [0.2, 0.25) is 0 Å². The summed E-state index contributed by atoms with van der Waals surface area (Å²) >= 11 is 0. The Hall–Kier alpha value is -1.69. The van der Waals surface area contributed by atoms with Crippen LogP contribution in [-0.4, -0.2) is 5.97 Å². The molecule has 2 rings (SSSR count). The summed E-state index contributed by atoms with van der Waals surface area (Å²) in [5.74, 6) is -0.263. The van der Waals surface area contributed by atoms with E-state index in [0.29, 0.717) is 0 Å². The minimum absolute atomic E-state index is 0. The van der Waals surface area contributed by atoms with Gasteiger partial charge in [0, 0.05) is 12.1 Å². The molecule has 0 spiro atoms. The van der Waals surface area contributed by atoms with E-state index in [2.05, 4.69) is 0 Å². The Kier molecular flexibility index (Phi) is 6.93. The number of benzene rings is 1. The predicted molar refractivity (Wildman–Crippen MR) is 72.9 cm³/mol. The van der Waals surface area contributed by atoms with E-state index < -0.39 is 0 Å². The Morgan fingerprint density at radius 1 is 1.15 bits per heavy atom. The lowest BCUT2D eigenvalue weighted by molar-refractivity contribution is -0.671. The third kappa shape index (κ3) is 5.52. The number of ether oxygens (including phenoxy) is 1. The van der Waals surface area contributed by atoms with Crippen molar-refractivity contribution in [3.63, 3.8) is 0 Å². The van der Waals surface area contributed by atoms with Gasteiger partial charge >= 0.3 is 5.97 Å². The summed E-state index contributed by atoms with van der Waals surface area (Å²) in [7, 11) is 1.94. The van der Waals surface area contributed by atoms with Crippen LogP contribution in [0, 0.1) is 0 Å². The summed E-state index contributed by atoms with van der Waals surface area (Å²) in [6.45, 7) is 0. The zero-order valence-corrected chi connectivity index (χ0v) is 13.4. The van der Waals surface area contributed by atoms with Crippen molar-refractivity contribution in [1.29, 1.82) is 0 Å². The highest BCUT2D eigenvalue weighted by molar-refractivity contribution is 5.73. The fraction of sp³-hybridized carbons (Fsp3) is 0.125. The molecule has 0 aliphatic carbocycles. The summed E-state index contributed by atoms with van der Waals surface area (Å²) in [5, 5.41) is 0. The molecule has 0 radical (unpaired) electrons. The maximum atomic E-state index is 11.6. The van der Waals surface area contributed by atoms with Gasteiger partial charge in [-0.3, -0.25) is 4.79 Å². The summed E-state index contributed by atoms with van der Waals surface area (Å²) in [5.41, 5.74) is 1.94. The van der Waals surface area contributed by atoms with Crippen LogP contribution < -0.4 is 28.5 Å². The van der Waals surface area contributed by atoms with Crippen LogP contribution in [0.1, 0.15) is 11.1 Å². The van der Waals surface area contributed by atoms with Crippen molar-refractivity contribution in [3.8, 4) is 0 Å². The maximum absolute atomic E-state index is 11.6. The highest BCUT2D eigenvalue weighted by Crippen LogP contribution is 2.02. The van der Waals surface area contributed by atoms with Gasteiger partial charge in [-0.1, -0.05) is 30.3 Å². The van der Waals surface area contributed by atoms with Gasteiger partial charge in [0.1, 0.15) is 7.05 Å². The van der Waals surface area contributed by atoms with E-state index in [1.807, 2.05) is 66.5 Å². The Morgan fingerprint density at radius 3 is 2.45 bits per heavy atom. The quantitative estimate of drug-likeness (QED) is 0.303. The van der Waals surface area contributed by atoms with E-state index in [4.69, 9.17) is 4.74 Å². The molecule has 0 amide bonds. The number of carbonyl (C=O) groups is 1. The number of esters is 1. The van der Waals surface area contributed by atoms with Crippen molar-refractivity contribution in [1.82, 2.24) is 0 Å². The lowest BCUT2D eigenvalue weighted by atomic mass is 10.2. The molecule has 104 valence electrons. The summed E-state index contributed by atoms with van der Waals surface area (Å²) < 4.78 is 6.97. The lowest BCUT2D eigenvalue weighted by Gasteiger charge is -1.99. The van der Waals surface area contributed by atoms with Crippen LogP contribution in [0.5, 0.6) is 0 Å². The average Bonchev–Trinajstić information content (AvgIpc) is 2.43. The number of hydrogen-bond donors (Lipinski definition) is 0. The minimum atomic E-state index is -0.263. The normalized spacial score (nSPS) is 10.1. The van der Waals surface area contributed by atoms with Crippen molar-refractivity contribution in [2.45, 2.75) is 6.42 Å².